The van der Waals surface area contributed by atoms with E-state index in [1.54, 1.807) is 80.6 Å². The number of sulfonamides is 1. The van der Waals surface area contributed by atoms with Gasteiger partial charge in [-0.1, -0.05) is 60.5 Å². The number of rotatable bonds is 11. The lowest BCUT2D eigenvalue weighted by Crippen LogP contribution is -2.52. The average molecular weight is 563 g/mol. The molecular weight excluding hydrogens is 533 g/mol. The summed E-state index contributed by atoms with van der Waals surface area (Å²) in [5.74, 6) is -0.834. The molecule has 10 heteroatoms. The third kappa shape index (κ3) is 7.25. The van der Waals surface area contributed by atoms with Crippen molar-refractivity contribution >= 4 is 50.7 Å². The van der Waals surface area contributed by atoms with Crippen molar-refractivity contribution in [1.82, 2.24) is 10.2 Å². The molecule has 0 saturated heterocycles. The second-order valence-corrected chi connectivity index (χ2v) is 11.0. The Morgan fingerprint density at radius 2 is 1.43 bits per heavy atom. The van der Waals surface area contributed by atoms with Crippen molar-refractivity contribution in [3.63, 3.8) is 0 Å². The fourth-order valence-corrected chi connectivity index (χ4v) is 5.54. The fourth-order valence-electron chi connectivity index (χ4n) is 3.85. The molecule has 2 amide bonds. The van der Waals surface area contributed by atoms with Crippen LogP contribution in [-0.2, 0) is 26.2 Å². The highest BCUT2D eigenvalue weighted by Crippen LogP contribution is 2.26. The number of hydrogen-bond acceptors (Lipinski definition) is 4. The van der Waals surface area contributed by atoms with Crippen LogP contribution in [0.1, 0.15) is 25.8 Å². The van der Waals surface area contributed by atoms with Crippen LogP contribution in [0.25, 0.3) is 0 Å². The topological polar surface area (TPSA) is 86.8 Å². The van der Waals surface area contributed by atoms with Crippen LogP contribution in [0.3, 0.4) is 0 Å². The Bertz CT molecular complexity index is 1300. The van der Waals surface area contributed by atoms with Crippen LogP contribution in [0.15, 0.2) is 83.8 Å². The van der Waals surface area contributed by atoms with Crippen LogP contribution in [0.5, 0.6) is 0 Å². The van der Waals surface area contributed by atoms with Gasteiger partial charge in [0.2, 0.25) is 11.8 Å². The van der Waals surface area contributed by atoms with Crippen molar-refractivity contribution in [2.45, 2.75) is 37.8 Å². The third-order valence-electron chi connectivity index (χ3n) is 5.73. The van der Waals surface area contributed by atoms with Gasteiger partial charge in [0.1, 0.15) is 12.6 Å². The Morgan fingerprint density at radius 1 is 0.865 bits per heavy atom. The molecule has 1 atom stereocenters. The van der Waals surface area contributed by atoms with Gasteiger partial charge in [-0.2, -0.15) is 0 Å². The van der Waals surface area contributed by atoms with Crippen LogP contribution in [0, 0.1) is 0 Å². The summed E-state index contributed by atoms with van der Waals surface area (Å²) in [4.78, 5) is 28.2. The lowest BCUT2D eigenvalue weighted by atomic mass is 10.1. The van der Waals surface area contributed by atoms with E-state index in [0.717, 1.165) is 9.87 Å². The molecule has 0 aliphatic carbocycles. The van der Waals surface area contributed by atoms with E-state index in [1.165, 1.54) is 17.0 Å². The van der Waals surface area contributed by atoms with Crippen molar-refractivity contribution in [3.8, 4) is 0 Å². The van der Waals surface area contributed by atoms with Gasteiger partial charge in [-0.3, -0.25) is 13.9 Å². The monoisotopic (exact) mass is 561 g/mol. The molecule has 3 aromatic rings. The van der Waals surface area contributed by atoms with Crippen molar-refractivity contribution < 1.29 is 18.0 Å². The summed E-state index contributed by atoms with van der Waals surface area (Å²) in [6, 6.07) is 20.2. The summed E-state index contributed by atoms with van der Waals surface area (Å²) < 4.78 is 28.4. The fraction of sp³-hybridized carbons (Fsp3) is 0.259. The number of nitrogens with one attached hydrogen (secondary N) is 1. The summed E-state index contributed by atoms with van der Waals surface area (Å²) in [5, 5.41) is 3.74. The third-order valence-corrected chi connectivity index (χ3v) is 8.02. The Balaban J connectivity index is 2.03. The number of anilines is 1. The van der Waals surface area contributed by atoms with Gasteiger partial charge in [0.15, 0.2) is 0 Å². The van der Waals surface area contributed by atoms with E-state index in [4.69, 9.17) is 23.2 Å². The predicted molar refractivity (Wildman–Crippen MR) is 147 cm³/mol. The molecule has 3 rings (SSSR count). The highest BCUT2D eigenvalue weighted by Gasteiger charge is 2.33. The van der Waals surface area contributed by atoms with Crippen molar-refractivity contribution in [1.29, 1.82) is 0 Å². The first kappa shape index (κ1) is 28.5. The number of benzene rings is 3. The molecule has 0 saturated carbocycles. The van der Waals surface area contributed by atoms with Crippen LogP contribution < -0.4 is 9.62 Å². The van der Waals surface area contributed by atoms with E-state index in [2.05, 4.69) is 5.32 Å². The number of carbonyl (C=O) groups excluding carboxylic acids is 2. The van der Waals surface area contributed by atoms with E-state index in [-0.39, 0.29) is 23.0 Å². The minimum atomic E-state index is -4.11. The van der Waals surface area contributed by atoms with E-state index in [0.29, 0.717) is 23.0 Å². The molecule has 0 aliphatic heterocycles. The maximum atomic E-state index is 13.8. The molecule has 0 radical (unpaired) electrons. The zero-order valence-electron chi connectivity index (χ0n) is 20.6. The van der Waals surface area contributed by atoms with Crippen LogP contribution in [-0.4, -0.2) is 44.3 Å². The second kappa shape index (κ2) is 12.9. The first-order chi connectivity index (χ1) is 17.7. The largest absolute Gasteiger partial charge is 0.355 e. The molecule has 0 spiro atoms. The van der Waals surface area contributed by atoms with E-state index in [9.17, 15) is 18.0 Å². The normalized spacial score (nSPS) is 12.0. The molecule has 0 fully saturated rings. The van der Waals surface area contributed by atoms with Gasteiger partial charge >= 0.3 is 0 Å². The smallest absolute Gasteiger partial charge is 0.264 e. The average Bonchev–Trinajstić information content (AvgIpc) is 2.89. The summed E-state index contributed by atoms with van der Waals surface area (Å²) in [5.41, 5.74) is 1.03. The zero-order chi connectivity index (χ0) is 27.0. The number of likely N-dealkylation sites (N-methyl/N-ethyl adjacent to an activating group) is 1. The first-order valence-corrected chi connectivity index (χ1v) is 14.0. The lowest BCUT2D eigenvalue weighted by Gasteiger charge is -2.33. The number of nitrogens with zero attached hydrogens (tertiary/aromatic N) is 2. The van der Waals surface area contributed by atoms with Crippen molar-refractivity contribution in [3.05, 3.63) is 94.5 Å². The highest BCUT2D eigenvalue weighted by molar-refractivity contribution is 7.92. The minimum Gasteiger partial charge on any atom is -0.355 e. The van der Waals surface area contributed by atoms with Crippen molar-refractivity contribution in [2.24, 2.45) is 0 Å². The van der Waals surface area contributed by atoms with Gasteiger partial charge < -0.3 is 10.2 Å². The maximum Gasteiger partial charge on any atom is 0.264 e. The van der Waals surface area contributed by atoms with Crippen LogP contribution in [0.2, 0.25) is 10.0 Å². The predicted octanol–water partition coefficient (Wildman–Crippen LogP) is 5.13. The van der Waals surface area contributed by atoms with E-state index >= 15 is 0 Å². The number of halogens is 2. The molecule has 7 nitrogen and oxygen atoms in total. The molecular formula is C27H29Cl2N3O4S. The first-order valence-electron chi connectivity index (χ1n) is 11.8. The molecule has 37 heavy (non-hydrogen) atoms. The SMILES string of the molecule is CCNC(=O)C(CC)N(Cc1ccc(Cl)cc1)C(=O)CN(c1ccc(Cl)cc1)S(=O)(=O)c1ccccc1. The molecule has 3 aromatic carbocycles. The van der Waals surface area contributed by atoms with Gasteiger partial charge in [0.05, 0.1) is 10.6 Å². The van der Waals surface area contributed by atoms with Gasteiger partial charge in [-0.05, 0) is 67.4 Å². The molecule has 0 aromatic heterocycles. The Hall–Kier alpha value is -3.07. The Labute approximate surface area is 228 Å². The number of amides is 2. The Morgan fingerprint density at radius 3 is 1.97 bits per heavy atom. The van der Waals surface area contributed by atoms with E-state index in [1.807, 2.05) is 0 Å². The number of carbonyl (C=O) groups is 2. The quantitative estimate of drug-likeness (QED) is 0.351. The number of hydrogen-bond donors (Lipinski definition) is 1. The molecule has 0 aliphatic rings. The van der Waals surface area contributed by atoms with Crippen LogP contribution >= 0.6 is 23.2 Å². The summed E-state index contributed by atoms with van der Waals surface area (Å²) in [6.45, 7) is 3.59. The molecule has 1 N–H and O–H groups in total. The van der Waals surface area contributed by atoms with Gasteiger partial charge in [-0.25, -0.2) is 8.42 Å². The summed E-state index contributed by atoms with van der Waals surface area (Å²) in [7, 11) is -4.11. The zero-order valence-corrected chi connectivity index (χ0v) is 22.9. The van der Waals surface area contributed by atoms with Gasteiger partial charge in [-0.15, -0.1) is 0 Å². The summed E-state index contributed by atoms with van der Waals surface area (Å²) >= 11 is 12.1. The maximum absolute atomic E-state index is 13.8. The van der Waals surface area contributed by atoms with Gasteiger partial charge in [0.25, 0.3) is 10.0 Å². The minimum absolute atomic E-state index is 0.0396. The van der Waals surface area contributed by atoms with Gasteiger partial charge in [0, 0.05) is 23.1 Å². The molecule has 196 valence electrons. The lowest BCUT2D eigenvalue weighted by molar-refractivity contribution is -0.140. The molecule has 1 unspecified atom stereocenters. The molecule has 0 bridgehead atoms. The van der Waals surface area contributed by atoms with Crippen molar-refractivity contribution in [2.75, 3.05) is 17.4 Å². The highest BCUT2D eigenvalue weighted by atomic mass is 35.5. The molecule has 0 heterocycles. The Kier molecular flexibility index (Phi) is 9.97. The standard InChI is InChI=1S/C27H29Cl2N3O4S/c1-3-25(27(34)30-4-2)31(18-20-10-12-21(28)13-11-20)26(33)19-32(23-16-14-22(29)15-17-23)37(35,36)24-8-6-5-7-9-24/h5-17,25H,3-4,18-19H2,1-2H3,(H,30,34). The van der Waals surface area contributed by atoms with Crippen LogP contribution in [0.4, 0.5) is 5.69 Å². The summed E-state index contributed by atoms with van der Waals surface area (Å²) in [6.07, 6.45) is 0.345. The van der Waals surface area contributed by atoms with E-state index < -0.39 is 28.5 Å². The second-order valence-electron chi connectivity index (χ2n) is 8.27.